The zero-order chi connectivity index (χ0) is 29.0. The van der Waals surface area contributed by atoms with Gasteiger partial charge in [-0.2, -0.15) is 0 Å². The van der Waals surface area contributed by atoms with Crippen LogP contribution in [0.3, 0.4) is 0 Å². The molecule has 2 aromatic heterocycles. The van der Waals surface area contributed by atoms with Crippen LogP contribution in [-0.2, 0) is 13.9 Å². The number of aromatic nitrogens is 3. The summed E-state index contributed by atoms with van der Waals surface area (Å²) < 4.78 is 24.0. The van der Waals surface area contributed by atoms with Gasteiger partial charge in [-0.25, -0.2) is 9.97 Å². The Bertz CT molecular complexity index is 1490. The van der Waals surface area contributed by atoms with E-state index in [2.05, 4.69) is 125 Å². The van der Waals surface area contributed by atoms with Crippen molar-refractivity contribution in [3.8, 4) is 0 Å². The first-order chi connectivity index (χ1) is 19.5. The van der Waals surface area contributed by atoms with E-state index in [1.165, 1.54) is 16.7 Å². The molecule has 6 nitrogen and oxygen atoms in total. The van der Waals surface area contributed by atoms with Crippen LogP contribution in [0, 0.1) is 5.41 Å². The highest BCUT2D eigenvalue weighted by molar-refractivity contribution is 14.1. The van der Waals surface area contributed by atoms with Gasteiger partial charge in [0.05, 0.1) is 17.5 Å². The van der Waals surface area contributed by atoms with Crippen LogP contribution in [0.1, 0.15) is 47.1 Å². The molecule has 2 aliphatic rings. The number of ether oxygens (including phenoxy) is 2. The fourth-order valence-corrected chi connectivity index (χ4v) is 12.8. The van der Waals surface area contributed by atoms with E-state index in [0.29, 0.717) is 11.8 Å². The minimum absolute atomic E-state index is 0.0164. The minimum Gasteiger partial charge on any atom is -0.407 e. The maximum atomic E-state index is 7.54. The van der Waals surface area contributed by atoms with E-state index in [1.807, 2.05) is 19.9 Å². The average Bonchev–Trinajstić information content (AvgIpc) is 3.60. The van der Waals surface area contributed by atoms with E-state index in [0.717, 1.165) is 21.9 Å². The van der Waals surface area contributed by atoms with Gasteiger partial charge in [-0.3, -0.25) is 0 Å². The summed E-state index contributed by atoms with van der Waals surface area (Å²) in [6.45, 7) is 11.6. The van der Waals surface area contributed by atoms with Crippen LogP contribution in [0.5, 0.6) is 0 Å². The molecule has 1 saturated carbocycles. The van der Waals surface area contributed by atoms with Crippen LogP contribution in [-0.4, -0.2) is 51.9 Å². The predicted molar refractivity (Wildman–Crippen MR) is 175 cm³/mol. The van der Waals surface area contributed by atoms with E-state index < -0.39 is 14.1 Å². The van der Waals surface area contributed by atoms with Gasteiger partial charge >= 0.3 is 0 Å². The zero-order valence-corrected chi connectivity index (χ0v) is 28.1. The van der Waals surface area contributed by atoms with Crippen LogP contribution in [0.2, 0.25) is 10.2 Å². The lowest BCUT2D eigenvalue weighted by Crippen LogP contribution is -2.67. The topological polar surface area (TPSA) is 58.4 Å². The highest BCUT2D eigenvalue weighted by Crippen LogP contribution is 2.55. The molecule has 1 saturated heterocycles. The minimum atomic E-state index is -2.74. The van der Waals surface area contributed by atoms with Crippen molar-refractivity contribution in [2.75, 3.05) is 11.0 Å². The summed E-state index contributed by atoms with van der Waals surface area (Å²) in [6, 6.07) is 23.7. The van der Waals surface area contributed by atoms with E-state index in [9.17, 15) is 0 Å². The molecule has 4 aromatic rings. The van der Waals surface area contributed by atoms with Crippen LogP contribution < -0.4 is 10.4 Å². The Balaban J connectivity index is 1.44. The average molecular weight is 702 g/mol. The van der Waals surface area contributed by atoms with Crippen molar-refractivity contribution in [2.24, 2.45) is 5.41 Å². The monoisotopic (exact) mass is 701 g/mol. The summed E-state index contributed by atoms with van der Waals surface area (Å²) >= 11 is 8.97. The Morgan fingerprint density at radius 3 is 2.22 bits per heavy atom. The van der Waals surface area contributed by atoms with Gasteiger partial charge < -0.3 is 18.5 Å². The number of hydrogen-bond donors (Lipinski definition) is 0. The molecule has 2 aromatic carbocycles. The van der Waals surface area contributed by atoms with Gasteiger partial charge in [0.1, 0.15) is 23.2 Å². The molecule has 3 heterocycles. The van der Waals surface area contributed by atoms with Crippen molar-refractivity contribution in [3.05, 3.63) is 84.4 Å². The predicted octanol–water partition coefficient (Wildman–Crippen LogP) is 6.55. The number of hydrogen-bond acceptors (Lipinski definition) is 5. The molecule has 216 valence electrons. The quantitative estimate of drug-likeness (QED) is 0.0948. The Hall–Kier alpha value is -1.82. The lowest BCUT2D eigenvalue weighted by molar-refractivity contribution is -0.169. The molecule has 41 heavy (non-hydrogen) atoms. The Kier molecular flexibility index (Phi) is 7.65. The van der Waals surface area contributed by atoms with Crippen molar-refractivity contribution in [3.63, 3.8) is 0 Å². The molecule has 9 heteroatoms. The number of alkyl halides is 1. The first kappa shape index (κ1) is 29.3. The van der Waals surface area contributed by atoms with Crippen molar-refractivity contribution in [2.45, 2.75) is 70.1 Å². The maximum Gasteiger partial charge on any atom is 0.261 e. The summed E-state index contributed by atoms with van der Waals surface area (Å²) in [5, 5.41) is 3.75. The molecule has 0 unspecified atom stereocenters. The highest BCUT2D eigenvalue weighted by Gasteiger charge is 2.63. The van der Waals surface area contributed by atoms with Gasteiger partial charge in [-0.1, -0.05) is 116 Å². The summed E-state index contributed by atoms with van der Waals surface area (Å²) in [5.41, 5.74) is 0.545. The SMILES string of the molecule is CC1(C)O[C@H]2[C@H](n3ccc4c(Cl)ncnc43)C[C@@](CI)(CO[Si](c3ccccc3)(c3ccccc3)C(C)(C)C)[C@H]2O1. The van der Waals surface area contributed by atoms with E-state index in [1.54, 1.807) is 0 Å². The van der Waals surface area contributed by atoms with Gasteiger partial charge in [0, 0.05) is 22.6 Å². The molecule has 1 aliphatic carbocycles. The maximum absolute atomic E-state index is 7.54. The molecule has 0 radical (unpaired) electrons. The van der Waals surface area contributed by atoms with E-state index in [4.69, 9.17) is 25.5 Å². The fraction of sp³-hybridized carbons (Fsp3) is 0.438. The largest absolute Gasteiger partial charge is 0.407 e. The number of benzene rings is 2. The van der Waals surface area contributed by atoms with Gasteiger partial charge in [-0.05, 0) is 41.7 Å². The Morgan fingerprint density at radius 2 is 1.63 bits per heavy atom. The Morgan fingerprint density at radius 1 is 1.00 bits per heavy atom. The van der Waals surface area contributed by atoms with Gasteiger partial charge in [0.25, 0.3) is 8.32 Å². The first-order valence-corrected chi connectivity index (χ1v) is 18.0. The van der Waals surface area contributed by atoms with Crippen molar-refractivity contribution in [1.82, 2.24) is 14.5 Å². The summed E-state index contributed by atoms with van der Waals surface area (Å²) in [6.07, 6.45) is 4.15. The van der Waals surface area contributed by atoms with Crippen LogP contribution in [0.15, 0.2) is 79.3 Å². The van der Waals surface area contributed by atoms with Gasteiger partial charge in [0.15, 0.2) is 5.79 Å². The standard InChI is InChI=1S/C32H37ClIN3O3Si/c1-30(2,3)41(22-12-8-6-9-13-22,23-14-10-7-11-15-23)38-20-32(19-34)18-25(26-27(32)40-31(4,5)39-26)37-17-16-24-28(33)35-21-36-29(24)37/h6-17,21,25-27H,18-20H2,1-5H3/t25-,26+,27+,32-/m1/s1. The summed E-state index contributed by atoms with van der Waals surface area (Å²) in [4.78, 5) is 8.80. The smallest absolute Gasteiger partial charge is 0.261 e. The van der Waals surface area contributed by atoms with E-state index in [-0.39, 0.29) is 28.7 Å². The third-order valence-corrected chi connectivity index (χ3v) is 15.6. The molecule has 4 atom stereocenters. The van der Waals surface area contributed by atoms with Crippen molar-refractivity contribution >= 4 is 63.9 Å². The molecule has 0 spiro atoms. The van der Waals surface area contributed by atoms with E-state index >= 15 is 0 Å². The number of nitrogens with zero attached hydrogens (tertiary/aromatic N) is 3. The molecule has 0 bridgehead atoms. The van der Waals surface area contributed by atoms with Crippen molar-refractivity contribution < 1.29 is 13.9 Å². The first-order valence-electron chi connectivity index (χ1n) is 14.1. The number of fused-ring (bicyclic) bond motifs is 2. The fourth-order valence-electron chi connectivity index (χ4n) is 6.98. The second kappa shape index (κ2) is 10.7. The molecule has 2 fully saturated rings. The summed E-state index contributed by atoms with van der Waals surface area (Å²) in [7, 11) is -2.74. The number of halogens is 2. The van der Waals surface area contributed by atoms with Crippen LogP contribution >= 0.6 is 34.2 Å². The van der Waals surface area contributed by atoms with Crippen molar-refractivity contribution in [1.29, 1.82) is 0 Å². The lowest BCUT2D eigenvalue weighted by Gasteiger charge is -2.45. The molecule has 6 rings (SSSR count). The highest BCUT2D eigenvalue weighted by atomic mass is 127. The normalized spacial score (nSPS) is 26.0. The second-order valence-electron chi connectivity index (χ2n) is 12.9. The second-order valence-corrected chi connectivity index (χ2v) is 18.3. The Labute approximate surface area is 262 Å². The summed E-state index contributed by atoms with van der Waals surface area (Å²) in [5.74, 6) is -0.696. The lowest BCUT2D eigenvalue weighted by atomic mass is 9.87. The molecule has 1 aliphatic heterocycles. The zero-order valence-electron chi connectivity index (χ0n) is 24.2. The van der Waals surface area contributed by atoms with Crippen LogP contribution in [0.4, 0.5) is 0 Å². The molecule has 0 N–H and O–H groups in total. The van der Waals surface area contributed by atoms with Gasteiger partial charge in [-0.15, -0.1) is 0 Å². The molecule has 0 amide bonds. The van der Waals surface area contributed by atoms with Crippen LogP contribution in [0.25, 0.3) is 11.0 Å². The molecular formula is C32H37ClIN3O3Si. The molecular weight excluding hydrogens is 665 g/mol. The third kappa shape index (κ3) is 4.88. The number of rotatable bonds is 7. The van der Waals surface area contributed by atoms with Gasteiger partial charge in [0.2, 0.25) is 0 Å². The third-order valence-electron chi connectivity index (χ3n) is 8.80.